The molecule has 10 heteroatoms. The fourth-order valence-electron chi connectivity index (χ4n) is 4.67. The summed E-state index contributed by atoms with van der Waals surface area (Å²) in [7, 11) is 3.56. The van der Waals surface area contributed by atoms with E-state index in [0.717, 1.165) is 50.4 Å². The third-order valence-electron chi connectivity index (χ3n) is 6.90. The van der Waals surface area contributed by atoms with Crippen molar-refractivity contribution < 1.29 is 23.3 Å². The highest BCUT2D eigenvalue weighted by Gasteiger charge is 2.21. The SMILES string of the molecule is COc1cc(OC2=CC(NC(C=C(C)C)C=C(C)C/C=C/CF)N(C)C=N2)c(CN)cc1OCCCN1CCOCC1. The maximum atomic E-state index is 12.5. The number of allylic oxidation sites excluding steroid dienone is 4. The molecule has 2 heterocycles. The van der Waals surface area contributed by atoms with Gasteiger partial charge in [-0.2, -0.15) is 0 Å². The summed E-state index contributed by atoms with van der Waals surface area (Å²) in [6.07, 6.45) is 12.8. The summed E-state index contributed by atoms with van der Waals surface area (Å²) in [4.78, 5) is 8.85. The summed E-state index contributed by atoms with van der Waals surface area (Å²) >= 11 is 0. The quantitative estimate of drug-likeness (QED) is 0.216. The van der Waals surface area contributed by atoms with Gasteiger partial charge in [0.2, 0.25) is 5.88 Å². The Morgan fingerprint density at radius 3 is 2.64 bits per heavy atom. The number of hydrogen-bond acceptors (Lipinski definition) is 9. The van der Waals surface area contributed by atoms with Gasteiger partial charge in [-0.05, 0) is 39.7 Å². The molecule has 0 radical (unpaired) electrons. The maximum absolute atomic E-state index is 12.5. The molecule has 0 aliphatic carbocycles. The topological polar surface area (TPSA) is 93.8 Å². The van der Waals surface area contributed by atoms with Crippen LogP contribution < -0.4 is 25.3 Å². The number of morpholine rings is 1. The van der Waals surface area contributed by atoms with Crippen LogP contribution >= 0.6 is 0 Å². The second-order valence-corrected chi connectivity index (χ2v) is 10.7. The number of nitrogens with one attached hydrogen (secondary N) is 1. The van der Waals surface area contributed by atoms with Crippen LogP contribution in [0.2, 0.25) is 0 Å². The molecular weight excluding hydrogens is 537 g/mol. The Labute approximate surface area is 250 Å². The molecule has 0 bridgehead atoms. The van der Waals surface area contributed by atoms with E-state index in [1.807, 2.05) is 37.1 Å². The monoisotopic (exact) mass is 585 g/mol. The Morgan fingerprint density at radius 2 is 1.95 bits per heavy atom. The summed E-state index contributed by atoms with van der Waals surface area (Å²) in [6.45, 7) is 11.0. The third-order valence-corrected chi connectivity index (χ3v) is 6.90. The first-order valence-electron chi connectivity index (χ1n) is 14.6. The number of nitrogens with two attached hydrogens (primary N) is 1. The lowest BCUT2D eigenvalue weighted by atomic mass is 10.1. The van der Waals surface area contributed by atoms with Crippen LogP contribution in [0.3, 0.4) is 0 Å². The van der Waals surface area contributed by atoms with Crippen LogP contribution in [0.25, 0.3) is 0 Å². The molecule has 3 N–H and O–H groups in total. The smallest absolute Gasteiger partial charge is 0.220 e. The summed E-state index contributed by atoms with van der Waals surface area (Å²) in [5.74, 6) is 2.23. The average molecular weight is 586 g/mol. The first-order valence-corrected chi connectivity index (χ1v) is 14.6. The lowest BCUT2D eigenvalue weighted by Crippen LogP contribution is -2.47. The van der Waals surface area contributed by atoms with Gasteiger partial charge in [-0.15, -0.1) is 0 Å². The predicted molar refractivity (Wildman–Crippen MR) is 167 cm³/mol. The predicted octanol–water partition coefficient (Wildman–Crippen LogP) is 4.56. The highest BCUT2D eigenvalue weighted by Crippen LogP contribution is 2.36. The minimum absolute atomic E-state index is 0.0374. The number of rotatable bonds is 16. The Hall–Kier alpha value is -3.18. The molecule has 1 aromatic rings. The first kappa shape index (κ1) is 33.3. The molecule has 232 valence electrons. The van der Waals surface area contributed by atoms with E-state index in [9.17, 15) is 4.39 Å². The molecule has 2 unspecified atom stereocenters. The molecule has 2 aliphatic rings. The zero-order valence-corrected chi connectivity index (χ0v) is 25.8. The van der Waals surface area contributed by atoms with Gasteiger partial charge in [0.1, 0.15) is 18.6 Å². The number of alkyl halides is 1. The van der Waals surface area contributed by atoms with Crippen LogP contribution in [0.4, 0.5) is 4.39 Å². The van der Waals surface area contributed by atoms with Crippen molar-refractivity contribution in [2.75, 3.05) is 60.3 Å². The van der Waals surface area contributed by atoms with Gasteiger partial charge in [-0.1, -0.05) is 35.5 Å². The lowest BCUT2D eigenvalue weighted by Gasteiger charge is -2.30. The molecule has 1 aromatic carbocycles. The van der Waals surface area contributed by atoms with Crippen molar-refractivity contribution in [2.45, 2.75) is 52.4 Å². The number of halogens is 1. The van der Waals surface area contributed by atoms with Gasteiger partial charge in [0.15, 0.2) is 11.5 Å². The van der Waals surface area contributed by atoms with E-state index in [1.165, 1.54) is 11.6 Å². The van der Waals surface area contributed by atoms with Gasteiger partial charge in [-0.25, -0.2) is 9.38 Å². The molecule has 0 saturated carbocycles. The Kier molecular flexibility index (Phi) is 14.0. The molecule has 2 aliphatic heterocycles. The molecule has 1 fully saturated rings. The lowest BCUT2D eigenvalue weighted by molar-refractivity contribution is 0.0357. The maximum Gasteiger partial charge on any atom is 0.220 e. The highest BCUT2D eigenvalue weighted by molar-refractivity contribution is 5.59. The van der Waals surface area contributed by atoms with Crippen LogP contribution in [0, 0.1) is 0 Å². The van der Waals surface area contributed by atoms with Gasteiger partial charge < -0.3 is 29.6 Å². The van der Waals surface area contributed by atoms with Crippen LogP contribution in [-0.2, 0) is 11.3 Å². The molecule has 0 spiro atoms. The molecule has 0 aromatic heterocycles. The molecule has 1 saturated heterocycles. The Morgan fingerprint density at radius 1 is 1.17 bits per heavy atom. The summed E-state index contributed by atoms with van der Waals surface area (Å²) < 4.78 is 35.9. The number of methoxy groups -OCH3 is 1. The van der Waals surface area contributed by atoms with E-state index in [2.05, 4.69) is 41.2 Å². The first-order chi connectivity index (χ1) is 20.3. The van der Waals surface area contributed by atoms with Crippen LogP contribution in [-0.4, -0.2) is 88.6 Å². The number of nitrogens with zero attached hydrogens (tertiary/aromatic N) is 3. The number of benzene rings is 1. The molecular formula is C32H48FN5O4. The normalized spacial score (nSPS) is 18.6. The van der Waals surface area contributed by atoms with E-state index in [0.29, 0.717) is 36.2 Å². The van der Waals surface area contributed by atoms with Gasteiger partial charge in [0.25, 0.3) is 0 Å². The fraction of sp³-hybridized carbons (Fsp3) is 0.531. The number of aliphatic imine (C=N–C) groups is 1. The molecule has 9 nitrogen and oxygen atoms in total. The molecule has 3 rings (SSSR count). The number of ether oxygens (including phenoxy) is 4. The van der Waals surface area contributed by atoms with Crippen LogP contribution in [0.5, 0.6) is 17.2 Å². The van der Waals surface area contributed by atoms with Crippen LogP contribution in [0.15, 0.2) is 64.5 Å². The van der Waals surface area contributed by atoms with Crippen molar-refractivity contribution in [3.63, 3.8) is 0 Å². The number of hydrogen-bond donors (Lipinski definition) is 2. The largest absolute Gasteiger partial charge is 0.493 e. The number of likely N-dealkylation sites (N-methyl/N-ethyl adjacent to an activating group) is 1. The van der Waals surface area contributed by atoms with E-state index in [-0.39, 0.29) is 18.8 Å². The zero-order valence-electron chi connectivity index (χ0n) is 25.8. The van der Waals surface area contributed by atoms with E-state index >= 15 is 0 Å². The standard InChI is InChI=1S/C32H48FN5O4/c1-24(2)17-27(18-25(3)9-6-7-10-33)36-31-21-32(35-23-37(31)4)42-28-20-29(39-5)30(19-26(28)22-34)41-14-8-11-38-12-15-40-16-13-38/h6-7,17-21,23,27,31,36H,8-16,22,34H2,1-5H3/b7-6+,25-18?. The highest BCUT2D eigenvalue weighted by atomic mass is 19.1. The van der Waals surface area contributed by atoms with Crippen molar-refractivity contribution in [3.05, 3.63) is 65.1 Å². The Bertz CT molecular complexity index is 1140. The van der Waals surface area contributed by atoms with Crippen molar-refractivity contribution >= 4 is 6.34 Å². The van der Waals surface area contributed by atoms with Crippen molar-refractivity contribution in [1.82, 2.24) is 15.1 Å². The Balaban J connectivity index is 1.70. The van der Waals surface area contributed by atoms with Crippen molar-refractivity contribution in [2.24, 2.45) is 10.7 Å². The van der Waals surface area contributed by atoms with Crippen LogP contribution in [0.1, 0.15) is 39.2 Å². The average Bonchev–Trinajstić information content (AvgIpc) is 2.97. The molecule has 42 heavy (non-hydrogen) atoms. The van der Waals surface area contributed by atoms with Gasteiger partial charge >= 0.3 is 0 Å². The minimum Gasteiger partial charge on any atom is -0.493 e. The van der Waals surface area contributed by atoms with Gasteiger partial charge in [0, 0.05) is 57.0 Å². The third kappa shape index (κ3) is 10.9. The van der Waals surface area contributed by atoms with E-state index in [4.69, 9.17) is 24.7 Å². The van der Waals surface area contributed by atoms with Crippen molar-refractivity contribution in [3.8, 4) is 17.2 Å². The van der Waals surface area contributed by atoms with E-state index < -0.39 is 6.67 Å². The fourth-order valence-corrected chi connectivity index (χ4v) is 4.67. The van der Waals surface area contributed by atoms with E-state index in [1.54, 1.807) is 19.5 Å². The zero-order chi connectivity index (χ0) is 30.3. The summed E-state index contributed by atoms with van der Waals surface area (Å²) in [5.41, 5.74) is 9.23. The minimum atomic E-state index is -0.453. The second-order valence-electron chi connectivity index (χ2n) is 10.7. The van der Waals surface area contributed by atoms with Gasteiger partial charge in [-0.3, -0.25) is 10.2 Å². The molecule has 2 atom stereocenters. The van der Waals surface area contributed by atoms with Crippen molar-refractivity contribution in [1.29, 1.82) is 0 Å². The van der Waals surface area contributed by atoms with Gasteiger partial charge in [0.05, 0.1) is 33.3 Å². The summed E-state index contributed by atoms with van der Waals surface area (Å²) in [5, 5.41) is 3.63. The second kappa shape index (κ2) is 17.7. The summed E-state index contributed by atoms with van der Waals surface area (Å²) in [6, 6.07) is 3.65. The molecule has 0 amide bonds.